The molecule has 0 radical (unpaired) electrons. The van der Waals surface area contributed by atoms with Crippen molar-refractivity contribution in [2.75, 3.05) is 13.1 Å². The van der Waals surface area contributed by atoms with Crippen LogP contribution in [-0.2, 0) is 6.42 Å². The van der Waals surface area contributed by atoms with E-state index in [0.29, 0.717) is 0 Å². The molecule has 2 N–H and O–H groups in total. The van der Waals surface area contributed by atoms with Gasteiger partial charge >= 0.3 is 0 Å². The Labute approximate surface area is 107 Å². The van der Waals surface area contributed by atoms with Crippen LogP contribution in [0.2, 0.25) is 0 Å². The number of aromatic nitrogens is 3. The van der Waals surface area contributed by atoms with Crippen molar-refractivity contribution in [2.45, 2.75) is 19.8 Å². The second kappa shape index (κ2) is 4.90. The average Bonchev–Trinajstić information content (AvgIpc) is 3.01. The van der Waals surface area contributed by atoms with Gasteiger partial charge in [0.25, 0.3) is 0 Å². The van der Waals surface area contributed by atoms with Gasteiger partial charge in [-0.15, -0.1) is 0 Å². The Balaban J connectivity index is 1.80. The highest BCUT2D eigenvalue weighted by Crippen LogP contribution is 2.20. The lowest BCUT2D eigenvalue weighted by atomic mass is 9.99. The predicted octanol–water partition coefficient (Wildman–Crippen LogP) is 1.93. The molecule has 0 bridgehead atoms. The van der Waals surface area contributed by atoms with Gasteiger partial charge in [-0.05, 0) is 62.5 Å². The minimum atomic E-state index is 0.765. The van der Waals surface area contributed by atoms with E-state index in [1.54, 1.807) is 0 Å². The zero-order valence-corrected chi connectivity index (χ0v) is 10.6. The first-order valence-electron chi connectivity index (χ1n) is 6.49. The van der Waals surface area contributed by atoms with E-state index in [-0.39, 0.29) is 0 Å². The SMILES string of the molecule is Cc1cc(-c2cc(C[C@@H]3CCNC3)ccn2)n[nH]1. The van der Waals surface area contributed by atoms with E-state index < -0.39 is 0 Å². The molecule has 0 unspecified atom stereocenters. The highest BCUT2D eigenvalue weighted by atomic mass is 15.1. The molecule has 0 amide bonds. The number of rotatable bonds is 3. The Bertz CT molecular complexity index is 526. The summed E-state index contributed by atoms with van der Waals surface area (Å²) in [7, 11) is 0. The van der Waals surface area contributed by atoms with Crippen LogP contribution >= 0.6 is 0 Å². The van der Waals surface area contributed by atoms with Crippen molar-refractivity contribution >= 4 is 0 Å². The standard InChI is InChI=1S/C14H18N4/c1-10-6-14(18-17-10)13-8-11(3-5-16-13)7-12-2-4-15-9-12/h3,5-6,8,12,15H,2,4,7,9H2,1H3,(H,17,18)/t12-/m0/s1. The molecule has 3 heterocycles. The maximum atomic E-state index is 4.40. The summed E-state index contributed by atoms with van der Waals surface area (Å²) in [5.41, 5.74) is 4.31. The zero-order valence-electron chi connectivity index (χ0n) is 10.6. The van der Waals surface area contributed by atoms with E-state index in [0.717, 1.165) is 42.5 Å². The fourth-order valence-corrected chi connectivity index (χ4v) is 2.51. The van der Waals surface area contributed by atoms with E-state index in [9.17, 15) is 0 Å². The van der Waals surface area contributed by atoms with Gasteiger partial charge in [-0.1, -0.05) is 0 Å². The van der Waals surface area contributed by atoms with E-state index in [4.69, 9.17) is 0 Å². The van der Waals surface area contributed by atoms with E-state index in [2.05, 4.69) is 32.6 Å². The highest BCUT2D eigenvalue weighted by molar-refractivity contribution is 5.54. The van der Waals surface area contributed by atoms with E-state index in [1.165, 1.54) is 12.0 Å². The number of nitrogens with zero attached hydrogens (tertiary/aromatic N) is 2. The zero-order chi connectivity index (χ0) is 12.4. The van der Waals surface area contributed by atoms with Gasteiger partial charge in [-0.3, -0.25) is 10.1 Å². The van der Waals surface area contributed by atoms with Crippen LogP contribution in [0.5, 0.6) is 0 Å². The second-order valence-electron chi connectivity index (χ2n) is 5.05. The summed E-state index contributed by atoms with van der Waals surface area (Å²) in [5.74, 6) is 0.765. The van der Waals surface area contributed by atoms with Crippen LogP contribution in [0.1, 0.15) is 17.7 Å². The lowest BCUT2D eigenvalue weighted by Crippen LogP contribution is -2.10. The highest BCUT2D eigenvalue weighted by Gasteiger charge is 2.15. The molecule has 0 spiro atoms. The largest absolute Gasteiger partial charge is 0.316 e. The van der Waals surface area contributed by atoms with Crippen molar-refractivity contribution in [1.82, 2.24) is 20.5 Å². The number of H-pyrrole nitrogens is 1. The molecule has 1 atom stereocenters. The summed E-state index contributed by atoms with van der Waals surface area (Å²) < 4.78 is 0. The van der Waals surface area contributed by atoms with Crippen molar-refractivity contribution in [3.63, 3.8) is 0 Å². The van der Waals surface area contributed by atoms with Crippen LogP contribution in [0.25, 0.3) is 11.4 Å². The molecular weight excluding hydrogens is 224 g/mol. The normalized spacial score (nSPS) is 19.3. The quantitative estimate of drug-likeness (QED) is 0.864. The molecule has 4 nitrogen and oxygen atoms in total. The van der Waals surface area contributed by atoms with Crippen molar-refractivity contribution in [1.29, 1.82) is 0 Å². The number of pyridine rings is 1. The lowest BCUT2D eigenvalue weighted by Gasteiger charge is -2.08. The third kappa shape index (κ3) is 2.43. The summed E-state index contributed by atoms with van der Waals surface area (Å²) in [6.45, 7) is 4.30. The molecule has 0 aliphatic carbocycles. The van der Waals surface area contributed by atoms with Gasteiger partial charge in [-0.2, -0.15) is 5.10 Å². The van der Waals surface area contributed by atoms with Gasteiger partial charge in [0, 0.05) is 11.9 Å². The number of aryl methyl sites for hydroxylation is 1. The lowest BCUT2D eigenvalue weighted by molar-refractivity contribution is 0.580. The fourth-order valence-electron chi connectivity index (χ4n) is 2.51. The molecule has 1 saturated heterocycles. The third-order valence-corrected chi connectivity index (χ3v) is 3.48. The minimum Gasteiger partial charge on any atom is -0.316 e. The molecule has 0 aromatic carbocycles. The summed E-state index contributed by atoms with van der Waals surface area (Å²) in [6.07, 6.45) is 4.29. The first-order chi connectivity index (χ1) is 8.81. The van der Waals surface area contributed by atoms with Gasteiger partial charge in [0.1, 0.15) is 5.69 Å². The monoisotopic (exact) mass is 242 g/mol. The van der Waals surface area contributed by atoms with Gasteiger partial charge in [0.15, 0.2) is 0 Å². The number of nitrogens with one attached hydrogen (secondary N) is 2. The Morgan fingerprint density at radius 1 is 1.33 bits per heavy atom. The molecule has 2 aromatic rings. The molecular formula is C14H18N4. The summed E-state index contributed by atoms with van der Waals surface area (Å²) in [6, 6.07) is 6.30. The van der Waals surface area contributed by atoms with E-state index >= 15 is 0 Å². The Morgan fingerprint density at radius 2 is 2.28 bits per heavy atom. The minimum absolute atomic E-state index is 0.765. The van der Waals surface area contributed by atoms with Crippen LogP contribution in [0, 0.1) is 12.8 Å². The predicted molar refractivity (Wildman–Crippen MR) is 71.2 cm³/mol. The number of aromatic amines is 1. The van der Waals surface area contributed by atoms with E-state index in [1.807, 2.05) is 19.2 Å². The van der Waals surface area contributed by atoms with Gasteiger partial charge in [0.2, 0.25) is 0 Å². The third-order valence-electron chi connectivity index (χ3n) is 3.48. The summed E-state index contributed by atoms with van der Waals surface area (Å²) in [5, 5.41) is 10.6. The average molecular weight is 242 g/mol. The maximum absolute atomic E-state index is 4.40. The number of hydrogen-bond acceptors (Lipinski definition) is 3. The first kappa shape index (κ1) is 11.4. The fraction of sp³-hybridized carbons (Fsp3) is 0.429. The van der Waals surface area contributed by atoms with Crippen molar-refractivity contribution in [2.24, 2.45) is 5.92 Å². The molecule has 3 rings (SSSR count). The molecule has 1 aliphatic heterocycles. The molecule has 94 valence electrons. The van der Waals surface area contributed by atoms with Crippen molar-refractivity contribution in [3.8, 4) is 11.4 Å². The van der Waals surface area contributed by atoms with Gasteiger partial charge < -0.3 is 5.32 Å². The first-order valence-corrected chi connectivity index (χ1v) is 6.49. The summed E-state index contributed by atoms with van der Waals surface area (Å²) >= 11 is 0. The van der Waals surface area contributed by atoms with Crippen molar-refractivity contribution < 1.29 is 0 Å². The van der Waals surface area contributed by atoms with Crippen LogP contribution < -0.4 is 5.32 Å². The summed E-state index contributed by atoms with van der Waals surface area (Å²) in [4.78, 5) is 4.40. The van der Waals surface area contributed by atoms with Crippen LogP contribution in [0.3, 0.4) is 0 Å². The Kier molecular flexibility index (Phi) is 3.11. The molecule has 4 heteroatoms. The Hall–Kier alpha value is -1.68. The maximum Gasteiger partial charge on any atom is 0.111 e. The molecule has 0 saturated carbocycles. The topological polar surface area (TPSA) is 53.6 Å². The van der Waals surface area contributed by atoms with Crippen LogP contribution in [0.4, 0.5) is 0 Å². The second-order valence-corrected chi connectivity index (χ2v) is 5.05. The Morgan fingerprint density at radius 3 is 3.00 bits per heavy atom. The number of hydrogen-bond donors (Lipinski definition) is 2. The molecule has 1 fully saturated rings. The molecule has 18 heavy (non-hydrogen) atoms. The van der Waals surface area contributed by atoms with Gasteiger partial charge in [0.05, 0.1) is 5.69 Å². The molecule has 2 aromatic heterocycles. The van der Waals surface area contributed by atoms with Gasteiger partial charge in [-0.25, -0.2) is 0 Å². The van der Waals surface area contributed by atoms with Crippen molar-refractivity contribution in [3.05, 3.63) is 35.7 Å². The molecule has 1 aliphatic rings. The van der Waals surface area contributed by atoms with Crippen LogP contribution in [-0.4, -0.2) is 28.3 Å². The smallest absolute Gasteiger partial charge is 0.111 e. The van der Waals surface area contributed by atoms with Crippen LogP contribution in [0.15, 0.2) is 24.4 Å².